The van der Waals surface area contributed by atoms with Crippen LogP contribution in [0.25, 0.3) is 6.08 Å². The minimum atomic E-state index is -1.82. The first-order chi connectivity index (χ1) is 19.3. The molecule has 2 aliphatic heterocycles. The normalized spacial score (nSPS) is 31.7. The number of rotatable bonds is 7. The van der Waals surface area contributed by atoms with E-state index in [-0.39, 0.29) is 30.7 Å². The van der Waals surface area contributed by atoms with Crippen molar-refractivity contribution in [1.82, 2.24) is 4.98 Å². The molecule has 1 aromatic heterocycles. The van der Waals surface area contributed by atoms with Gasteiger partial charge in [0.15, 0.2) is 12.2 Å². The number of hydrogen-bond donors (Lipinski definition) is 2. The van der Waals surface area contributed by atoms with Crippen LogP contribution in [0, 0.1) is 17.3 Å². The lowest BCUT2D eigenvalue weighted by molar-refractivity contribution is -0.165. The van der Waals surface area contributed by atoms with Gasteiger partial charge >= 0.3 is 11.9 Å². The van der Waals surface area contributed by atoms with Gasteiger partial charge < -0.3 is 24.4 Å². The lowest BCUT2D eigenvalue weighted by atomic mass is 9.75. The molecule has 0 saturated carbocycles. The Morgan fingerprint density at radius 3 is 2.71 bits per heavy atom. The number of ketones is 1. The van der Waals surface area contributed by atoms with E-state index in [1.807, 2.05) is 27.7 Å². The number of nitrogens with zero attached hydrogens (tertiary/aromatic N) is 1. The molecule has 41 heavy (non-hydrogen) atoms. The predicted molar refractivity (Wildman–Crippen MR) is 156 cm³/mol. The van der Waals surface area contributed by atoms with Crippen LogP contribution in [-0.4, -0.2) is 57.0 Å². The highest BCUT2D eigenvalue weighted by molar-refractivity contribution is 7.09. The Hall–Kier alpha value is -2.14. The summed E-state index contributed by atoms with van der Waals surface area (Å²) in [6.07, 6.45) is 3.72. The number of ether oxygens (including phenoxy) is 3. The predicted octanol–water partition coefficient (Wildman–Crippen LogP) is 5.36. The van der Waals surface area contributed by atoms with Gasteiger partial charge in [0.05, 0.1) is 5.69 Å². The summed E-state index contributed by atoms with van der Waals surface area (Å²) in [5.74, 6) is -2.33. The van der Waals surface area contributed by atoms with Gasteiger partial charge in [-0.25, -0.2) is 4.98 Å². The quantitative estimate of drug-likeness (QED) is 0.316. The van der Waals surface area contributed by atoms with Crippen molar-refractivity contribution >= 4 is 35.1 Å². The molecule has 6 unspecified atom stereocenters. The average Bonchev–Trinajstić information content (AvgIpc) is 3.37. The van der Waals surface area contributed by atoms with E-state index in [4.69, 9.17) is 14.2 Å². The molecular formula is C31H47NO8S. The Morgan fingerprint density at radius 2 is 2.00 bits per heavy atom. The van der Waals surface area contributed by atoms with E-state index < -0.39 is 35.5 Å². The Balaban J connectivity index is 1.78. The van der Waals surface area contributed by atoms with Gasteiger partial charge in [-0.1, -0.05) is 53.9 Å². The summed E-state index contributed by atoms with van der Waals surface area (Å²) in [7, 11) is 0. The van der Waals surface area contributed by atoms with Crippen LogP contribution in [0.4, 0.5) is 0 Å². The molecule has 0 aliphatic carbocycles. The topological polar surface area (TPSA) is 136 Å². The van der Waals surface area contributed by atoms with E-state index in [2.05, 4.69) is 11.9 Å². The number of thiazole rings is 1. The summed E-state index contributed by atoms with van der Waals surface area (Å²) in [6, 6.07) is 0. The van der Waals surface area contributed by atoms with Gasteiger partial charge in [-0.15, -0.1) is 11.3 Å². The third kappa shape index (κ3) is 9.17. The fourth-order valence-corrected chi connectivity index (χ4v) is 6.20. The molecule has 2 saturated heterocycles. The van der Waals surface area contributed by atoms with Crippen molar-refractivity contribution in [3.8, 4) is 0 Å². The number of Topliss-reactive ketones (excluding diaryl/α,β-unsaturated/α-hetero) is 1. The van der Waals surface area contributed by atoms with E-state index in [1.54, 1.807) is 18.4 Å². The average molecular weight is 594 g/mol. The van der Waals surface area contributed by atoms with Crippen LogP contribution in [0.5, 0.6) is 0 Å². The van der Waals surface area contributed by atoms with Crippen LogP contribution < -0.4 is 0 Å². The summed E-state index contributed by atoms with van der Waals surface area (Å²) >= 11 is 1.33. The van der Waals surface area contributed by atoms with Crippen LogP contribution in [0.3, 0.4) is 0 Å². The highest BCUT2D eigenvalue weighted by Gasteiger charge is 2.63. The highest BCUT2D eigenvalue weighted by Crippen LogP contribution is 2.43. The summed E-state index contributed by atoms with van der Waals surface area (Å²) < 4.78 is 16.6. The van der Waals surface area contributed by atoms with Crippen molar-refractivity contribution in [3.63, 3.8) is 0 Å². The molecule has 10 heteroatoms. The number of esters is 2. The summed E-state index contributed by atoms with van der Waals surface area (Å²) in [5.41, 5.74) is 0.329. The molecule has 0 amide bonds. The van der Waals surface area contributed by atoms with Crippen molar-refractivity contribution in [1.29, 1.82) is 0 Å². The first kappa shape index (κ1) is 33.4. The first-order valence-corrected chi connectivity index (χ1v) is 15.7. The van der Waals surface area contributed by atoms with Gasteiger partial charge in [0.2, 0.25) is 5.79 Å². The zero-order chi connectivity index (χ0) is 30.4. The Morgan fingerprint density at radius 1 is 1.27 bits per heavy atom. The molecule has 3 heterocycles. The lowest BCUT2D eigenvalue weighted by Gasteiger charge is -2.29. The summed E-state index contributed by atoms with van der Waals surface area (Å²) in [5, 5.41) is 24.8. The molecule has 2 aliphatic rings. The lowest BCUT2D eigenvalue weighted by Crippen LogP contribution is -2.45. The number of epoxide rings is 1. The number of cyclic esters (lactones) is 1. The van der Waals surface area contributed by atoms with Crippen molar-refractivity contribution in [2.75, 3.05) is 0 Å². The van der Waals surface area contributed by atoms with Gasteiger partial charge in [-0.05, 0) is 50.2 Å². The molecular weight excluding hydrogens is 546 g/mol. The van der Waals surface area contributed by atoms with Gasteiger partial charge in [0.25, 0.3) is 0 Å². The van der Waals surface area contributed by atoms with E-state index in [0.717, 1.165) is 32.1 Å². The molecule has 230 valence electrons. The zero-order valence-electron chi connectivity index (χ0n) is 25.3. The number of carbonyl (C=O) groups excluding carboxylic acids is 3. The molecule has 1 aromatic rings. The fraction of sp³-hybridized carbons (Fsp3) is 0.742. The number of carbonyl (C=O) groups is 3. The third-order valence-electron chi connectivity index (χ3n) is 8.18. The minimum Gasteiger partial charge on any atom is -0.458 e. The molecule has 0 radical (unpaired) electrons. The second-order valence-corrected chi connectivity index (χ2v) is 13.4. The maximum Gasteiger partial charge on any atom is 0.306 e. The van der Waals surface area contributed by atoms with E-state index in [0.29, 0.717) is 41.5 Å². The van der Waals surface area contributed by atoms with Crippen molar-refractivity contribution in [2.24, 2.45) is 17.3 Å². The number of unbranched alkanes of at least 4 members (excludes halogenated alkanes) is 1. The van der Waals surface area contributed by atoms with Gasteiger partial charge in [0.1, 0.15) is 23.5 Å². The molecule has 0 spiro atoms. The summed E-state index contributed by atoms with van der Waals surface area (Å²) in [6.45, 7) is 11.6. The smallest absolute Gasteiger partial charge is 0.306 e. The second kappa shape index (κ2) is 14.4. The number of aromatic nitrogens is 1. The second-order valence-electron chi connectivity index (χ2n) is 12.5. The van der Waals surface area contributed by atoms with E-state index >= 15 is 0 Å². The SMILES string of the molecule is CCCCC(=O)OCc1nc(C=C(C)C2OC(=O)CCC(C)(C)C(=O)C(C)CC(C)CCCC3OC3(O)C2O)cs1. The van der Waals surface area contributed by atoms with Crippen molar-refractivity contribution < 1.29 is 38.8 Å². The molecule has 0 aromatic carbocycles. The van der Waals surface area contributed by atoms with Crippen molar-refractivity contribution in [2.45, 2.75) is 130 Å². The molecule has 2 N–H and O–H groups in total. The maximum absolute atomic E-state index is 13.2. The summed E-state index contributed by atoms with van der Waals surface area (Å²) in [4.78, 5) is 42.5. The molecule has 2 fully saturated rings. The Labute approximate surface area is 247 Å². The van der Waals surface area contributed by atoms with Gasteiger partial charge in [-0.3, -0.25) is 14.4 Å². The highest BCUT2D eigenvalue weighted by atomic mass is 32.1. The number of hydrogen-bond acceptors (Lipinski definition) is 10. The van der Waals surface area contributed by atoms with E-state index in [1.165, 1.54) is 11.3 Å². The Kier molecular flexibility index (Phi) is 11.7. The molecule has 3 rings (SSSR count). The largest absolute Gasteiger partial charge is 0.458 e. The van der Waals surface area contributed by atoms with Crippen LogP contribution in [0.1, 0.15) is 110 Å². The molecule has 0 bridgehead atoms. The fourth-order valence-electron chi connectivity index (χ4n) is 5.54. The van der Waals surface area contributed by atoms with Crippen molar-refractivity contribution in [3.05, 3.63) is 21.7 Å². The zero-order valence-corrected chi connectivity index (χ0v) is 26.1. The minimum absolute atomic E-state index is 0.00945. The van der Waals surface area contributed by atoms with Gasteiger partial charge in [-0.2, -0.15) is 0 Å². The molecule has 6 atom stereocenters. The number of aliphatic hydroxyl groups is 2. The monoisotopic (exact) mass is 593 g/mol. The molecule has 9 nitrogen and oxygen atoms in total. The third-order valence-corrected chi connectivity index (χ3v) is 9.02. The van der Waals surface area contributed by atoms with Gasteiger partial charge in [0, 0.05) is 29.6 Å². The standard InChI is InChI=1S/C31H47NO8S/c1-7-8-12-25(33)38-17-24-32-22(18-41-24)16-20(3)27-29(36)31(37)23(40-31)11-9-10-19(2)15-21(4)28(35)30(5,6)14-13-26(34)39-27/h16,18-19,21,23,27,29,36-37H,7-15,17H2,1-6H3. The van der Waals surface area contributed by atoms with Crippen LogP contribution in [0.15, 0.2) is 11.0 Å². The number of aliphatic hydroxyl groups excluding tert-OH is 1. The van der Waals surface area contributed by atoms with Crippen LogP contribution >= 0.6 is 11.3 Å². The number of fused-ring (bicyclic) bond motifs is 1. The Bertz CT molecular complexity index is 1100. The first-order valence-electron chi connectivity index (χ1n) is 14.9. The van der Waals surface area contributed by atoms with E-state index in [9.17, 15) is 24.6 Å². The van der Waals surface area contributed by atoms with Crippen LogP contribution in [-0.2, 0) is 35.2 Å². The van der Waals surface area contributed by atoms with Crippen LogP contribution in [0.2, 0.25) is 0 Å². The maximum atomic E-state index is 13.2.